The third-order valence-corrected chi connectivity index (χ3v) is 4.14. The summed E-state index contributed by atoms with van der Waals surface area (Å²) in [4.78, 5) is 37.5. The molecule has 0 radical (unpaired) electrons. The molecule has 2 N–H and O–H groups in total. The molecule has 148 valence electrons. The van der Waals surface area contributed by atoms with Gasteiger partial charge in [-0.05, 0) is 38.4 Å². The Hall–Kier alpha value is -2.55. The quantitative estimate of drug-likeness (QED) is 0.693. The Morgan fingerprint density at radius 1 is 1.22 bits per heavy atom. The van der Waals surface area contributed by atoms with Gasteiger partial charge in [0.25, 0.3) is 0 Å². The van der Waals surface area contributed by atoms with E-state index in [0.717, 1.165) is 25.0 Å². The van der Waals surface area contributed by atoms with Crippen molar-refractivity contribution in [1.29, 1.82) is 0 Å². The van der Waals surface area contributed by atoms with Crippen LogP contribution in [-0.4, -0.2) is 55.5 Å². The fourth-order valence-corrected chi connectivity index (χ4v) is 2.87. The summed E-state index contributed by atoms with van der Waals surface area (Å²) in [5, 5.41) is 4.84. The molecule has 2 amide bonds. The highest BCUT2D eigenvalue weighted by molar-refractivity contribution is 5.94. The smallest absolute Gasteiger partial charge is 0.310 e. The van der Waals surface area contributed by atoms with Crippen LogP contribution in [0.15, 0.2) is 18.2 Å². The third kappa shape index (κ3) is 6.59. The van der Waals surface area contributed by atoms with Crippen molar-refractivity contribution in [3.63, 3.8) is 0 Å². The fourth-order valence-electron chi connectivity index (χ4n) is 2.87. The van der Waals surface area contributed by atoms with E-state index in [-0.39, 0.29) is 36.6 Å². The number of hydrogen-bond acceptors (Lipinski definition) is 5. The number of ether oxygens (including phenoxy) is 1. The average Bonchev–Trinajstić information content (AvgIpc) is 2.63. The van der Waals surface area contributed by atoms with Crippen molar-refractivity contribution in [3.8, 4) is 0 Å². The fraction of sp³-hybridized carbons (Fsp3) is 0.500. The van der Waals surface area contributed by atoms with Crippen LogP contribution in [0.4, 0.5) is 14.5 Å². The van der Waals surface area contributed by atoms with Gasteiger partial charge in [-0.15, -0.1) is 0 Å². The number of halogens is 2. The summed E-state index contributed by atoms with van der Waals surface area (Å²) < 4.78 is 31.0. The predicted molar refractivity (Wildman–Crippen MR) is 93.8 cm³/mol. The van der Waals surface area contributed by atoms with E-state index < -0.39 is 17.5 Å². The molecule has 1 fully saturated rings. The number of amides is 2. The van der Waals surface area contributed by atoms with E-state index >= 15 is 0 Å². The minimum absolute atomic E-state index is 0.0639. The van der Waals surface area contributed by atoms with Crippen molar-refractivity contribution in [2.24, 2.45) is 5.92 Å². The normalized spacial score (nSPS) is 17.2. The molecule has 2 rings (SSSR count). The number of piperidine rings is 1. The topological polar surface area (TPSA) is 87.7 Å². The summed E-state index contributed by atoms with van der Waals surface area (Å²) in [6, 6.07) is 2.99. The van der Waals surface area contributed by atoms with Gasteiger partial charge in [0.2, 0.25) is 11.8 Å². The highest BCUT2D eigenvalue weighted by atomic mass is 19.2. The highest BCUT2D eigenvalue weighted by Gasteiger charge is 2.27. The molecule has 1 atom stereocenters. The van der Waals surface area contributed by atoms with Crippen molar-refractivity contribution in [1.82, 2.24) is 10.2 Å². The molecule has 27 heavy (non-hydrogen) atoms. The number of anilines is 1. The van der Waals surface area contributed by atoms with Crippen molar-refractivity contribution < 1.29 is 27.9 Å². The van der Waals surface area contributed by atoms with Crippen LogP contribution in [0.2, 0.25) is 0 Å². The van der Waals surface area contributed by atoms with Gasteiger partial charge in [-0.3, -0.25) is 19.3 Å². The first-order valence-electron chi connectivity index (χ1n) is 8.79. The third-order valence-electron chi connectivity index (χ3n) is 4.14. The number of carbonyl (C=O) groups excluding carboxylic acids is 3. The molecule has 0 aliphatic carbocycles. The number of likely N-dealkylation sites (tertiary alicyclic amines) is 1. The molecule has 0 aromatic heterocycles. The lowest BCUT2D eigenvalue weighted by molar-refractivity contribution is -0.150. The van der Waals surface area contributed by atoms with Gasteiger partial charge in [0.1, 0.15) is 0 Å². The van der Waals surface area contributed by atoms with Crippen LogP contribution in [-0.2, 0) is 19.1 Å². The van der Waals surface area contributed by atoms with E-state index in [0.29, 0.717) is 19.7 Å². The van der Waals surface area contributed by atoms with Crippen LogP contribution < -0.4 is 10.6 Å². The van der Waals surface area contributed by atoms with Crippen molar-refractivity contribution in [2.75, 3.05) is 38.1 Å². The number of rotatable bonds is 7. The maximum atomic E-state index is 13.1. The lowest BCUT2D eigenvalue weighted by atomic mass is 9.98. The molecule has 1 aromatic rings. The summed E-state index contributed by atoms with van der Waals surface area (Å²) in [5.74, 6) is -3.50. The second kappa shape index (κ2) is 9.96. The Bertz CT molecular complexity index is 699. The number of nitrogens with zero attached hydrogens (tertiary/aromatic N) is 1. The lowest BCUT2D eigenvalue weighted by Crippen LogP contribution is -2.45. The van der Waals surface area contributed by atoms with Gasteiger partial charge in [-0.1, -0.05) is 0 Å². The Balaban J connectivity index is 1.74. The molecule has 0 spiro atoms. The molecule has 1 unspecified atom stereocenters. The van der Waals surface area contributed by atoms with Crippen LogP contribution in [0.3, 0.4) is 0 Å². The van der Waals surface area contributed by atoms with Crippen molar-refractivity contribution in [2.45, 2.75) is 19.8 Å². The number of benzene rings is 1. The van der Waals surface area contributed by atoms with Crippen LogP contribution in [0.25, 0.3) is 0 Å². The second-order valence-electron chi connectivity index (χ2n) is 6.28. The van der Waals surface area contributed by atoms with Crippen LogP contribution >= 0.6 is 0 Å². The SMILES string of the molecule is CCOC(=O)C1CCCN(CC(=O)NCC(=O)Nc2ccc(F)c(F)c2)C1. The molecular weight excluding hydrogens is 360 g/mol. The molecule has 1 aliphatic heterocycles. The largest absolute Gasteiger partial charge is 0.466 e. The van der Waals surface area contributed by atoms with Gasteiger partial charge in [0, 0.05) is 18.3 Å². The van der Waals surface area contributed by atoms with Gasteiger partial charge < -0.3 is 15.4 Å². The van der Waals surface area contributed by atoms with Gasteiger partial charge in [0.15, 0.2) is 11.6 Å². The van der Waals surface area contributed by atoms with E-state index in [1.807, 2.05) is 4.90 Å². The minimum atomic E-state index is -1.07. The van der Waals surface area contributed by atoms with E-state index in [1.165, 1.54) is 6.07 Å². The molecule has 9 heteroatoms. The molecule has 1 aromatic carbocycles. The molecule has 1 saturated heterocycles. The zero-order valence-corrected chi connectivity index (χ0v) is 15.1. The predicted octanol–water partition coefficient (Wildman–Crippen LogP) is 1.29. The monoisotopic (exact) mass is 383 g/mol. The maximum absolute atomic E-state index is 13.1. The molecule has 0 saturated carbocycles. The molecule has 0 bridgehead atoms. The minimum Gasteiger partial charge on any atom is -0.466 e. The lowest BCUT2D eigenvalue weighted by Gasteiger charge is -2.30. The highest BCUT2D eigenvalue weighted by Crippen LogP contribution is 2.17. The van der Waals surface area contributed by atoms with E-state index in [1.54, 1.807) is 6.92 Å². The summed E-state index contributed by atoms with van der Waals surface area (Å²) >= 11 is 0. The van der Waals surface area contributed by atoms with Crippen LogP contribution in [0.5, 0.6) is 0 Å². The molecule has 1 aliphatic rings. The summed E-state index contributed by atoms with van der Waals surface area (Å²) in [7, 11) is 0. The van der Waals surface area contributed by atoms with Gasteiger partial charge in [-0.2, -0.15) is 0 Å². The zero-order chi connectivity index (χ0) is 19.8. The van der Waals surface area contributed by atoms with Gasteiger partial charge in [0.05, 0.1) is 25.6 Å². The van der Waals surface area contributed by atoms with E-state index in [9.17, 15) is 23.2 Å². The Kier molecular flexibility index (Phi) is 7.66. The maximum Gasteiger partial charge on any atom is 0.310 e. The average molecular weight is 383 g/mol. The number of hydrogen-bond donors (Lipinski definition) is 2. The molecule has 7 nitrogen and oxygen atoms in total. The standard InChI is InChI=1S/C18H23F2N3O4/c1-2-27-18(26)12-4-3-7-23(10-12)11-17(25)21-9-16(24)22-13-5-6-14(19)15(20)8-13/h5-6,8,12H,2-4,7,9-11H2,1H3,(H,21,25)(H,22,24). The number of nitrogens with one attached hydrogen (secondary N) is 2. The first-order chi connectivity index (χ1) is 12.9. The van der Waals surface area contributed by atoms with E-state index in [4.69, 9.17) is 4.74 Å². The van der Waals surface area contributed by atoms with Gasteiger partial charge in [-0.25, -0.2) is 8.78 Å². The Morgan fingerprint density at radius 3 is 2.70 bits per heavy atom. The Morgan fingerprint density at radius 2 is 2.00 bits per heavy atom. The van der Waals surface area contributed by atoms with Crippen LogP contribution in [0, 0.1) is 17.6 Å². The first kappa shape index (κ1) is 20.8. The Labute approximate surface area is 156 Å². The summed E-state index contributed by atoms with van der Waals surface area (Å²) in [5.41, 5.74) is 0.0986. The number of esters is 1. The van der Waals surface area contributed by atoms with Crippen LogP contribution in [0.1, 0.15) is 19.8 Å². The second-order valence-corrected chi connectivity index (χ2v) is 6.28. The first-order valence-corrected chi connectivity index (χ1v) is 8.79. The molecular formula is C18H23F2N3O4. The van der Waals surface area contributed by atoms with Gasteiger partial charge >= 0.3 is 5.97 Å². The van der Waals surface area contributed by atoms with E-state index in [2.05, 4.69) is 10.6 Å². The summed E-state index contributed by atoms with van der Waals surface area (Å²) in [6.45, 7) is 2.96. The molecule has 1 heterocycles. The zero-order valence-electron chi connectivity index (χ0n) is 15.1. The van der Waals surface area contributed by atoms with Crippen molar-refractivity contribution in [3.05, 3.63) is 29.8 Å². The number of carbonyl (C=O) groups is 3. The van der Waals surface area contributed by atoms with Crippen molar-refractivity contribution >= 4 is 23.5 Å². The summed E-state index contributed by atoms with van der Waals surface area (Å²) in [6.07, 6.45) is 1.51.